The molecule has 0 radical (unpaired) electrons. The molecule has 3 unspecified atom stereocenters. The molecule has 1 aromatic rings. The summed E-state index contributed by atoms with van der Waals surface area (Å²) in [7, 11) is 0. The van der Waals surface area contributed by atoms with Gasteiger partial charge in [-0.25, -0.2) is 4.98 Å². The first kappa shape index (κ1) is 20.0. The van der Waals surface area contributed by atoms with Crippen molar-refractivity contribution in [2.24, 2.45) is 11.8 Å². The predicted molar refractivity (Wildman–Crippen MR) is 114 cm³/mol. The third-order valence-corrected chi connectivity index (χ3v) is 9.65. The fourth-order valence-electron chi connectivity index (χ4n) is 6.94. The highest BCUT2D eigenvalue weighted by Gasteiger charge is 2.57. The van der Waals surface area contributed by atoms with E-state index < -0.39 is 0 Å². The number of amides is 1. The number of carbonyl (C=O) groups excluding carboxylic acids is 1. The second-order valence-electron chi connectivity index (χ2n) is 10.1. The average Bonchev–Trinajstić information content (AvgIpc) is 3.36. The van der Waals surface area contributed by atoms with Crippen molar-refractivity contribution >= 4 is 17.2 Å². The molecule has 4 atom stereocenters. The second kappa shape index (κ2) is 7.93. The van der Waals surface area contributed by atoms with E-state index in [4.69, 9.17) is 4.98 Å². The molecule has 5 rings (SSSR count). The van der Waals surface area contributed by atoms with Crippen LogP contribution in [0.4, 0.5) is 0 Å². The molecule has 2 saturated heterocycles. The highest BCUT2D eigenvalue weighted by atomic mass is 32.1. The molecular weight excluding hydrogens is 380 g/mol. The molecule has 1 spiro atoms. The first-order chi connectivity index (χ1) is 14.1. The predicted octanol–water partition coefficient (Wildman–Crippen LogP) is 1.92. The maximum atomic E-state index is 14.1. The van der Waals surface area contributed by atoms with Crippen molar-refractivity contribution in [3.05, 3.63) is 15.6 Å². The van der Waals surface area contributed by atoms with Crippen molar-refractivity contribution in [1.29, 1.82) is 0 Å². The van der Waals surface area contributed by atoms with Gasteiger partial charge in [-0.2, -0.15) is 0 Å². The Morgan fingerprint density at radius 3 is 2.79 bits per heavy atom. The number of rotatable bonds is 2. The Balaban J connectivity index is 1.45. The van der Waals surface area contributed by atoms with Gasteiger partial charge in [0.05, 0.1) is 23.5 Å². The van der Waals surface area contributed by atoms with E-state index in [1.807, 2.05) is 11.3 Å². The monoisotopic (exact) mass is 418 g/mol. The Hall–Kier alpha value is -0.980. The quantitative estimate of drug-likeness (QED) is 0.770. The first-order valence-corrected chi connectivity index (χ1v) is 12.8. The van der Waals surface area contributed by atoms with Crippen LogP contribution in [0.5, 0.6) is 0 Å². The smallest absolute Gasteiger partial charge is 0.232 e. The zero-order chi connectivity index (χ0) is 20.0. The van der Waals surface area contributed by atoms with Crippen LogP contribution in [-0.2, 0) is 10.2 Å². The summed E-state index contributed by atoms with van der Waals surface area (Å²) in [5.74, 6) is 1.33. The number of fused-ring (bicyclic) bond motifs is 2. The number of hydrogen-bond acceptors (Lipinski definition) is 3. The Morgan fingerprint density at radius 2 is 1.97 bits per heavy atom. The van der Waals surface area contributed by atoms with Gasteiger partial charge in [-0.1, -0.05) is 19.3 Å². The molecule has 5 N–H and O–H groups in total. The minimum absolute atomic E-state index is 0.00109. The van der Waals surface area contributed by atoms with Crippen LogP contribution in [0.1, 0.15) is 85.8 Å². The molecule has 3 heterocycles. The summed E-state index contributed by atoms with van der Waals surface area (Å²) < 4.78 is 0. The molecule has 3 fully saturated rings. The van der Waals surface area contributed by atoms with Gasteiger partial charge in [0.15, 0.2) is 0 Å². The van der Waals surface area contributed by atoms with E-state index in [1.165, 1.54) is 61.9 Å². The van der Waals surface area contributed by atoms with Crippen molar-refractivity contribution in [3.63, 3.8) is 0 Å². The molecule has 2 aliphatic heterocycles. The van der Waals surface area contributed by atoms with Gasteiger partial charge in [0, 0.05) is 23.9 Å². The lowest BCUT2D eigenvalue weighted by Crippen LogP contribution is -2.82. The number of nitrogens with zero attached hydrogens (tertiary/aromatic N) is 2. The van der Waals surface area contributed by atoms with Crippen LogP contribution in [-0.4, -0.2) is 41.5 Å². The number of aryl methyl sites for hydroxylation is 1. The van der Waals surface area contributed by atoms with Gasteiger partial charge in [0.1, 0.15) is 17.7 Å². The van der Waals surface area contributed by atoms with Crippen molar-refractivity contribution in [1.82, 2.24) is 9.88 Å². The van der Waals surface area contributed by atoms with Gasteiger partial charge in [0.25, 0.3) is 0 Å². The minimum atomic E-state index is 0.00109. The van der Waals surface area contributed by atoms with Crippen LogP contribution in [0.15, 0.2) is 0 Å². The van der Waals surface area contributed by atoms with Crippen LogP contribution in [0.3, 0.4) is 0 Å². The molecular formula is C23H38N4OS+2. The molecule has 1 aromatic heterocycles. The maximum Gasteiger partial charge on any atom is 0.232 e. The average molecular weight is 419 g/mol. The molecule has 160 valence electrons. The molecule has 29 heavy (non-hydrogen) atoms. The molecule has 0 bridgehead atoms. The number of likely N-dealkylation sites (tertiary alicyclic amines) is 1. The lowest BCUT2D eigenvalue weighted by molar-refractivity contribution is -0.640. The minimum Gasteiger partial charge on any atom is -0.350 e. The summed E-state index contributed by atoms with van der Waals surface area (Å²) in [4.78, 5) is 22.7. The van der Waals surface area contributed by atoms with E-state index in [0.29, 0.717) is 18.0 Å². The Kier molecular flexibility index (Phi) is 5.46. The third-order valence-electron chi connectivity index (χ3n) is 8.44. The number of piperidine rings is 1. The van der Waals surface area contributed by atoms with Gasteiger partial charge in [0.2, 0.25) is 5.91 Å². The first-order valence-electron chi connectivity index (χ1n) is 12.0. The van der Waals surface area contributed by atoms with Crippen molar-refractivity contribution in [2.75, 3.05) is 19.6 Å². The number of carbonyl (C=O) groups is 1. The summed E-state index contributed by atoms with van der Waals surface area (Å²) in [5, 5.41) is 3.55. The highest BCUT2D eigenvalue weighted by molar-refractivity contribution is 7.11. The fourth-order valence-corrected chi connectivity index (χ4v) is 8.23. The molecule has 2 aliphatic carbocycles. The Morgan fingerprint density at radius 1 is 1.17 bits per heavy atom. The lowest BCUT2D eigenvalue weighted by Gasteiger charge is -2.45. The molecule has 4 aliphatic rings. The van der Waals surface area contributed by atoms with Crippen LogP contribution in [0.25, 0.3) is 0 Å². The van der Waals surface area contributed by atoms with Crippen LogP contribution >= 0.6 is 11.3 Å². The van der Waals surface area contributed by atoms with Crippen molar-refractivity contribution in [3.8, 4) is 0 Å². The van der Waals surface area contributed by atoms with E-state index >= 15 is 0 Å². The van der Waals surface area contributed by atoms with E-state index in [-0.39, 0.29) is 11.3 Å². The van der Waals surface area contributed by atoms with Crippen LogP contribution < -0.4 is 11.1 Å². The SMILES string of the molecule is Cc1nc2c(s1)[C@]1(CCC2[NH3+])C[NH2+]CC1C(=O)N1CCCCC1C1CCCCC1. The second-order valence-corrected chi connectivity index (χ2v) is 11.3. The zero-order valence-corrected chi connectivity index (χ0v) is 18.8. The number of thiazole rings is 1. The molecule has 6 heteroatoms. The number of aromatic nitrogens is 1. The maximum absolute atomic E-state index is 14.1. The highest BCUT2D eigenvalue weighted by Crippen LogP contribution is 2.49. The topological polar surface area (TPSA) is 77.5 Å². The summed E-state index contributed by atoms with van der Waals surface area (Å²) in [6, 6.07) is 0.794. The van der Waals surface area contributed by atoms with Gasteiger partial charge in [-0.15, -0.1) is 11.3 Å². The van der Waals surface area contributed by atoms with Gasteiger partial charge >= 0.3 is 0 Å². The van der Waals surface area contributed by atoms with Crippen molar-refractivity contribution < 1.29 is 15.8 Å². The standard InChI is InChI=1S/C23H36N4OS/c1-15-26-20-18(24)10-11-23(21(20)29-15)14-25-13-17(23)22(28)27-12-6-5-9-19(27)16-7-3-2-4-8-16/h16-19,25H,2-14,24H2,1H3/p+2/t17?,18?,19?,23-/m1/s1. The molecule has 1 saturated carbocycles. The third kappa shape index (κ3) is 3.35. The van der Waals surface area contributed by atoms with Crippen LogP contribution in [0.2, 0.25) is 0 Å². The molecule has 1 amide bonds. The van der Waals surface area contributed by atoms with Gasteiger partial charge in [-0.05, 0) is 51.4 Å². The normalized spacial score (nSPS) is 35.8. The van der Waals surface area contributed by atoms with Crippen LogP contribution in [0, 0.1) is 18.8 Å². The Bertz CT molecular complexity index is 758. The van der Waals surface area contributed by atoms with E-state index in [1.54, 1.807) is 0 Å². The summed E-state index contributed by atoms with van der Waals surface area (Å²) in [6.45, 7) is 5.10. The summed E-state index contributed by atoms with van der Waals surface area (Å²) in [5.41, 5.74) is 5.58. The molecule has 5 nitrogen and oxygen atoms in total. The van der Waals surface area contributed by atoms with E-state index in [9.17, 15) is 4.79 Å². The fraction of sp³-hybridized carbons (Fsp3) is 0.826. The van der Waals surface area contributed by atoms with Gasteiger partial charge in [-0.3, -0.25) is 4.79 Å². The number of nitrogens with two attached hydrogens (primary N) is 1. The summed E-state index contributed by atoms with van der Waals surface area (Å²) in [6.07, 6.45) is 12.7. The largest absolute Gasteiger partial charge is 0.350 e. The van der Waals surface area contributed by atoms with E-state index in [2.05, 4.69) is 22.9 Å². The zero-order valence-electron chi connectivity index (χ0n) is 18.0. The van der Waals surface area contributed by atoms with Gasteiger partial charge < -0.3 is 16.0 Å². The lowest BCUT2D eigenvalue weighted by atomic mass is 9.67. The number of hydrogen-bond donors (Lipinski definition) is 2. The molecule has 0 aromatic carbocycles. The Labute approximate surface area is 178 Å². The summed E-state index contributed by atoms with van der Waals surface area (Å²) >= 11 is 1.84. The van der Waals surface area contributed by atoms with Crippen molar-refractivity contribution in [2.45, 2.75) is 88.6 Å². The van der Waals surface area contributed by atoms with E-state index in [0.717, 1.165) is 43.4 Å². The number of quaternary nitrogens is 2.